The molecule has 0 aliphatic carbocycles. The Morgan fingerprint density at radius 1 is 1.67 bits per heavy atom. The number of hydrogen-bond donors (Lipinski definition) is 2. The standard InChI is InChI=1S/C6H14N2S/c1-6(7)4-8-2-3-9-5-6/h8H,2-5,7H2,1H3. The van der Waals surface area contributed by atoms with Gasteiger partial charge < -0.3 is 11.1 Å². The summed E-state index contributed by atoms with van der Waals surface area (Å²) in [5, 5.41) is 3.29. The molecule has 3 heteroatoms. The summed E-state index contributed by atoms with van der Waals surface area (Å²) in [4.78, 5) is 0. The Balaban J connectivity index is 2.36. The first-order valence-corrected chi connectivity index (χ1v) is 4.43. The van der Waals surface area contributed by atoms with Crippen LogP contribution in [0.25, 0.3) is 0 Å². The molecule has 0 spiro atoms. The Hall–Kier alpha value is 0.270. The van der Waals surface area contributed by atoms with Crippen molar-refractivity contribution in [2.24, 2.45) is 5.73 Å². The van der Waals surface area contributed by atoms with Crippen molar-refractivity contribution in [1.82, 2.24) is 5.32 Å². The molecule has 54 valence electrons. The van der Waals surface area contributed by atoms with Crippen LogP contribution in [0.2, 0.25) is 0 Å². The highest BCUT2D eigenvalue weighted by Gasteiger charge is 2.19. The zero-order valence-electron chi connectivity index (χ0n) is 5.81. The highest BCUT2D eigenvalue weighted by molar-refractivity contribution is 7.99. The minimum Gasteiger partial charge on any atom is -0.324 e. The molecular weight excluding hydrogens is 132 g/mol. The van der Waals surface area contributed by atoms with Crippen LogP contribution >= 0.6 is 11.8 Å². The monoisotopic (exact) mass is 146 g/mol. The summed E-state index contributed by atoms with van der Waals surface area (Å²) in [5.41, 5.74) is 5.91. The summed E-state index contributed by atoms with van der Waals surface area (Å²) >= 11 is 1.94. The van der Waals surface area contributed by atoms with Crippen molar-refractivity contribution in [2.75, 3.05) is 24.6 Å². The van der Waals surface area contributed by atoms with Crippen LogP contribution in [0.5, 0.6) is 0 Å². The molecule has 2 nitrogen and oxygen atoms in total. The number of nitrogens with one attached hydrogen (secondary N) is 1. The molecule has 0 saturated carbocycles. The average molecular weight is 146 g/mol. The number of rotatable bonds is 0. The summed E-state index contributed by atoms with van der Waals surface area (Å²) < 4.78 is 0. The van der Waals surface area contributed by atoms with Crippen molar-refractivity contribution in [3.8, 4) is 0 Å². The molecule has 1 rings (SSSR count). The van der Waals surface area contributed by atoms with Gasteiger partial charge in [0.2, 0.25) is 0 Å². The molecule has 0 bridgehead atoms. The van der Waals surface area contributed by atoms with E-state index < -0.39 is 0 Å². The molecular formula is C6H14N2S. The van der Waals surface area contributed by atoms with Crippen molar-refractivity contribution in [3.63, 3.8) is 0 Å². The summed E-state index contributed by atoms with van der Waals surface area (Å²) in [7, 11) is 0. The van der Waals surface area contributed by atoms with E-state index in [9.17, 15) is 0 Å². The average Bonchev–Trinajstić information content (AvgIpc) is 1.92. The van der Waals surface area contributed by atoms with Crippen molar-refractivity contribution in [3.05, 3.63) is 0 Å². The van der Waals surface area contributed by atoms with E-state index in [2.05, 4.69) is 12.2 Å². The summed E-state index contributed by atoms with van der Waals surface area (Å²) in [5.74, 6) is 2.28. The lowest BCUT2D eigenvalue weighted by molar-refractivity contribution is 0.491. The fourth-order valence-electron chi connectivity index (χ4n) is 0.875. The zero-order valence-corrected chi connectivity index (χ0v) is 6.63. The molecule has 0 amide bonds. The molecule has 1 fully saturated rings. The topological polar surface area (TPSA) is 38.0 Å². The molecule has 1 heterocycles. The van der Waals surface area contributed by atoms with E-state index in [0.717, 1.165) is 18.8 Å². The maximum absolute atomic E-state index is 5.89. The zero-order chi connectivity index (χ0) is 6.74. The normalized spacial score (nSPS) is 38.0. The fourth-order valence-corrected chi connectivity index (χ4v) is 1.88. The van der Waals surface area contributed by atoms with Crippen LogP contribution in [0.15, 0.2) is 0 Å². The van der Waals surface area contributed by atoms with Gasteiger partial charge in [-0.1, -0.05) is 0 Å². The maximum Gasteiger partial charge on any atom is 0.0343 e. The molecule has 1 aliphatic heterocycles. The van der Waals surface area contributed by atoms with Gasteiger partial charge in [-0.05, 0) is 6.92 Å². The third-order valence-electron chi connectivity index (χ3n) is 1.38. The van der Waals surface area contributed by atoms with Crippen LogP contribution in [-0.4, -0.2) is 30.1 Å². The van der Waals surface area contributed by atoms with E-state index in [1.807, 2.05) is 11.8 Å². The van der Waals surface area contributed by atoms with Crippen molar-refractivity contribution in [2.45, 2.75) is 12.5 Å². The van der Waals surface area contributed by atoms with Gasteiger partial charge in [0.15, 0.2) is 0 Å². The van der Waals surface area contributed by atoms with Gasteiger partial charge in [-0.3, -0.25) is 0 Å². The van der Waals surface area contributed by atoms with Crippen molar-refractivity contribution >= 4 is 11.8 Å². The van der Waals surface area contributed by atoms with E-state index >= 15 is 0 Å². The van der Waals surface area contributed by atoms with Crippen LogP contribution < -0.4 is 11.1 Å². The fraction of sp³-hybridized carbons (Fsp3) is 1.00. The number of hydrogen-bond acceptors (Lipinski definition) is 3. The number of thioether (sulfide) groups is 1. The van der Waals surface area contributed by atoms with Gasteiger partial charge in [0.05, 0.1) is 0 Å². The lowest BCUT2D eigenvalue weighted by Gasteiger charge is -2.20. The quantitative estimate of drug-likeness (QED) is 0.507. The van der Waals surface area contributed by atoms with E-state index in [4.69, 9.17) is 5.73 Å². The highest BCUT2D eigenvalue weighted by Crippen LogP contribution is 2.11. The smallest absolute Gasteiger partial charge is 0.0343 e. The van der Waals surface area contributed by atoms with Gasteiger partial charge >= 0.3 is 0 Å². The van der Waals surface area contributed by atoms with E-state index in [-0.39, 0.29) is 5.54 Å². The second kappa shape index (κ2) is 2.90. The largest absolute Gasteiger partial charge is 0.324 e. The second-order valence-corrected chi connectivity index (χ2v) is 3.99. The Kier molecular flexibility index (Phi) is 2.38. The molecule has 9 heavy (non-hydrogen) atoms. The minimum absolute atomic E-state index is 0.0150. The Morgan fingerprint density at radius 3 is 3.22 bits per heavy atom. The first-order valence-electron chi connectivity index (χ1n) is 3.28. The van der Waals surface area contributed by atoms with Gasteiger partial charge in [-0.15, -0.1) is 0 Å². The molecule has 0 aromatic heterocycles. The maximum atomic E-state index is 5.89. The first kappa shape index (κ1) is 7.38. The SMILES string of the molecule is CC1(N)CNCCSC1. The molecule has 1 aliphatic rings. The Bertz CT molecular complexity index is 83.1. The van der Waals surface area contributed by atoms with Gasteiger partial charge in [-0.25, -0.2) is 0 Å². The molecule has 0 aromatic carbocycles. The summed E-state index contributed by atoms with van der Waals surface area (Å²) in [6.07, 6.45) is 0. The van der Waals surface area contributed by atoms with Crippen molar-refractivity contribution < 1.29 is 0 Å². The predicted octanol–water partition coefficient (Wildman–Crippen LogP) is 0.0402. The van der Waals surface area contributed by atoms with Gasteiger partial charge in [0.25, 0.3) is 0 Å². The third kappa shape index (κ3) is 2.56. The minimum atomic E-state index is 0.0150. The molecule has 0 radical (unpaired) electrons. The molecule has 1 unspecified atom stereocenters. The van der Waals surface area contributed by atoms with E-state index in [1.54, 1.807) is 0 Å². The molecule has 1 saturated heterocycles. The Morgan fingerprint density at radius 2 is 2.44 bits per heavy atom. The molecule has 3 N–H and O–H groups in total. The predicted molar refractivity (Wildman–Crippen MR) is 42.8 cm³/mol. The Labute approximate surface area is 60.6 Å². The van der Waals surface area contributed by atoms with E-state index in [0.29, 0.717) is 0 Å². The lowest BCUT2D eigenvalue weighted by atomic mass is 10.1. The van der Waals surface area contributed by atoms with Crippen molar-refractivity contribution in [1.29, 1.82) is 0 Å². The van der Waals surface area contributed by atoms with Gasteiger partial charge in [0, 0.05) is 30.1 Å². The van der Waals surface area contributed by atoms with Gasteiger partial charge in [0.1, 0.15) is 0 Å². The molecule has 1 atom stereocenters. The van der Waals surface area contributed by atoms with E-state index in [1.165, 1.54) is 5.75 Å². The van der Waals surface area contributed by atoms with Gasteiger partial charge in [-0.2, -0.15) is 11.8 Å². The lowest BCUT2D eigenvalue weighted by Crippen LogP contribution is -2.46. The van der Waals surface area contributed by atoms with Crippen LogP contribution in [0.4, 0.5) is 0 Å². The summed E-state index contributed by atoms with van der Waals surface area (Å²) in [6.45, 7) is 4.16. The van der Waals surface area contributed by atoms with Crippen LogP contribution in [-0.2, 0) is 0 Å². The third-order valence-corrected chi connectivity index (χ3v) is 2.74. The van der Waals surface area contributed by atoms with Crippen LogP contribution in [0.3, 0.4) is 0 Å². The first-order chi connectivity index (χ1) is 4.21. The van der Waals surface area contributed by atoms with Crippen LogP contribution in [0.1, 0.15) is 6.92 Å². The molecule has 0 aromatic rings. The highest BCUT2D eigenvalue weighted by atomic mass is 32.2. The van der Waals surface area contributed by atoms with Crippen LogP contribution in [0, 0.1) is 0 Å². The second-order valence-electron chi connectivity index (χ2n) is 2.88. The number of nitrogens with two attached hydrogens (primary N) is 1. The summed E-state index contributed by atoms with van der Waals surface area (Å²) in [6, 6.07) is 0.